The Bertz CT molecular complexity index is 484. The standard InChI is InChI=1S/C13H20BrN3O2/c1-13(2,3)17-6-10(18)7-4-8(12(16)19)11(15)9(14)5-7/h4-5,10,17-18H,6,15H2,1-3H3,(H2,16,19). The summed E-state index contributed by atoms with van der Waals surface area (Å²) in [7, 11) is 0. The van der Waals surface area contributed by atoms with Gasteiger partial charge in [-0.15, -0.1) is 0 Å². The van der Waals surface area contributed by atoms with Crippen molar-refractivity contribution in [1.82, 2.24) is 5.32 Å². The molecule has 1 atom stereocenters. The number of nitrogens with two attached hydrogens (primary N) is 2. The van der Waals surface area contributed by atoms with Gasteiger partial charge in [0.15, 0.2) is 0 Å². The highest BCUT2D eigenvalue weighted by Gasteiger charge is 2.17. The maximum absolute atomic E-state index is 11.3. The van der Waals surface area contributed by atoms with E-state index >= 15 is 0 Å². The van der Waals surface area contributed by atoms with Gasteiger partial charge in [-0.3, -0.25) is 4.79 Å². The van der Waals surface area contributed by atoms with E-state index in [4.69, 9.17) is 11.5 Å². The SMILES string of the molecule is CC(C)(C)NCC(O)c1cc(Br)c(N)c(C(N)=O)c1. The number of aliphatic hydroxyl groups is 1. The van der Waals surface area contributed by atoms with Crippen LogP contribution >= 0.6 is 15.9 Å². The summed E-state index contributed by atoms with van der Waals surface area (Å²) in [6, 6.07) is 3.22. The number of carbonyl (C=O) groups excluding carboxylic acids is 1. The molecule has 0 aliphatic carbocycles. The summed E-state index contributed by atoms with van der Waals surface area (Å²) in [4.78, 5) is 11.3. The van der Waals surface area contributed by atoms with Crippen molar-refractivity contribution in [1.29, 1.82) is 0 Å². The van der Waals surface area contributed by atoms with Gasteiger partial charge in [-0.05, 0) is 54.4 Å². The van der Waals surface area contributed by atoms with Gasteiger partial charge in [-0.2, -0.15) is 0 Å². The first-order valence-electron chi connectivity index (χ1n) is 5.93. The Morgan fingerprint density at radius 2 is 2.05 bits per heavy atom. The highest BCUT2D eigenvalue weighted by atomic mass is 79.9. The summed E-state index contributed by atoms with van der Waals surface area (Å²) in [5.74, 6) is -0.615. The van der Waals surface area contributed by atoms with Crippen LogP contribution in [0.2, 0.25) is 0 Å². The number of nitrogens with one attached hydrogen (secondary N) is 1. The minimum Gasteiger partial charge on any atom is -0.397 e. The van der Waals surface area contributed by atoms with Crippen molar-refractivity contribution in [2.24, 2.45) is 5.73 Å². The summed E-state index contributed by atoms with van der Waals surface area (Å²) in [6.07, 6.45) is -0.741. The van der Waals surface area contributed by atoms with E-state index in [1.165, 1.54) is 6.07 Å². The van der Waals surface area contributed by atoms with Crippen LogP contribution in [0.4, 0.5) is 5.69 Å². The fourth-order valence-electron chi connectivity index (χ4n) is 1.56. The maximum Gasteiger partial charge on any atom is 0.250 e. The molecule has 0 aromatic heterocycles. The number of primary amides is 1. The number of β-amino-alcohol motifs (C(OH)–C–C–N with tert-alkyl or cyclic N) is 1. The second-order valence-corrected chi connectivity index (χ2v) is 6.33. The van der Waals surface area contributed by atoms with Gasteiger partial charge in [0, 0.05) is 16.6 Å². The van der Waals surface area contributed by atoms with E-state index in [2.05, 4.69) is 21.2 Å². The van der Waals surface area contributed by atoms with Crippen LogP contribution in [0.15, 0.2) is 16.6 Å². The van der Waals surface area contributed by atoms with Crippen molar-refractivity contribution in [3.8, 4) is 0 Å². The third-order valence-electron chi connectivity index (χ3n) is 2.63. The van der Waals surface area contributed by atoms with Crippen molar-refractivity contribution in [3.63, 3.8) is 0 Å². The number of nitrogen functional groups attached to an aromatic ring is 1. The Hall–Kier alpha value is -1.11. The number of aliphatic hydroxyl groups excluding tert-OH is 1. The zero-order chi connectivity index (χ0) is 14.8. The number of halogens is 1. The molecule has 19 heavy (non-hydrogen) atoms. The molecule has 0 fully saturated rings. The second kappa shape index (κ2) is 5.90. The summed E-state index contributed by atoms with van der Waals surface area (Å²) in [6.45, 7) is 6.40. The molecule has 106 valence electrons. The molecule has 6 heteroatoms. The molecule has 0 spiro atoms. The number of amides is 1. The van der Waals surface area contributed by atoms with Gasteiger partial charge in [0.25, 0.3) is 5.91 Å². The smallest absolute Gasteiger partial charge is 0.250 e. The molecule has 5 nitrogen and oxygen atoms in total. The third kappa shape index (κ3) is 4.49. The quantitative estimate of drug-likeness (QED) is 0.629. The predicted molar refractivity (Wildman–Crippen MR) is 79.8 cm³/mol. The normalized spacial score (nSPS) is 13.3. The molecule has 6 N–H and O–H groups in total. The molecule has 0 saturated carbocycles. The number of rotatable bonds is 4. The molecule has 1 rings (SSSR count). The van der Waals surface area contributed by atoms with E-state index < -0.39 is 12.0 Å². The van der Waals surface area contributed by atoms with Crippen molar-refractivity contribution in [2.45, 2.75) is 32.4 Å². The summed E-state index contributed by atoms with van der Waals surface area (Å²) in [5, 5.41) is 13.3. The number of carbonyl (C=O) groups is 1. The third-order valence-corrected chi connectivity index (χ3v) is 3.28. The lowest BCUT2D eigenvalue weighted by atomic mass is 10.0. The first-order valence-corrected chi connectivity index (χ1v) is 6.73. The molecular weight excluding hydrogens is 310 g/mol. The van der Waals surface area contributed by atoms with Crippen LogP contribution in [-0.2, 0) is 0 Å². The monoisotopic (exact) mass is 329 g/mol. The van der Waals surface area contributed by atoms with E-state index in [1.807, 2.05) is 20.8 Å². The highest BCUT2D eigenvalue weighted by molar-refractivity contribution is 9.10. The minimum absolute atomic E-state index is 0.0987. The molecule has 0 saturated heterocycles. The van der Waals surface area contributed by atoms with Gasteiger partial charge < -0.3 is 21.9 Å². The molecule has 0 radical (unpaired) electrons. The Kier molecular flexibility index (Phi) is 4.95. The van der Waals surface area contributed by atoms with E-state index in [1.54, 1.807) is 6.07 Å². The van der Waals surface area contributed by atoms with Crippen LogP contribution in [0, 0.1) is 0 Å². The summed E-state index contributed by atoms with van der Waals surface area (Å²) >= 11 is 3.26. The molecule has 0 aliphatic heterocycles. The molecule has 1 aromatic carbocycles. The number of hydrogen-bond donors (Lipinski definition) is 4. The van der Waals surface area contributed by atoms with Crippen LogP contribution in [0.25, 0.3) is 0 Å². The lowest BCUT2D eigenvalue weighted by Crippen LogP contribution is -2.38. The van der Waals surface area contributed by atoms with Gasteiger partial charge in [-0.1, -0.05) is 0 Å². The topological polar surface area (TPSA) is 101 Å². The average Bonchev–Trinajstić information content (AvgIpc) is 2.28. The van der Waals surface area contributed by atoms with Crippen LogP contribution in [0.3, 0.4) is 0 Å². The van der Waals surface area contributed by atoms with Gasteiger partial charge in [0.05, 0.1) is 17.4 Å². The molecule has 1 aromatic rings. The highest BCUT2D eigenvalue weighted by Crippen LogP contribution is 2.28. The van der Waals surface area contributed by atoms with E-state index in [0.717, 1.165) is 0 Å². The lowest BCUT2D eigenvalue weighted by molar-refractivity contribution is 0.100. The molecule has 0 aliphatic rings. The van der Waals surface area contributed by atoms with Crippen molar-refractivity contribution in [2.75, 3.05) is 12.3 Å². The maximum atomic E-state index is 11.3. The second-order valence-electron chi connectivity index (χ2n) is 5.47. The Morgan fingerprint density at radius 3 is 2.53 bits per heavy atom. The largest absolute Gasteiger partial charge is 0.397 e. The van der Waals surface area contributed by atoms with Crippen LogP contribution in [0.5, 0.6) is 0 Å². The summed E-state index contributed by atoms with van der Waals surface area (Å²) < 4.78 is 0.550. The molecule has 1 unspecified atom stereocenters. The minimum atomic E-state index is -0.741. The average molecular weight is 330 g/mol. The number of anilines is 1. The van der Waals surface area contributed by atoms with Crippen LogP contribution in [0.1, 0.15) is 42.8 Å². The zero-order valence-electron chi connectivity index (χ0n) is 11.3. The fraction of sp³-hybridized carbons (Fsp3) is 0.462. The van der Waals surface area contributed by atoms with Crippen LogP contribution in [-0.4, -0.2) is 23.1 Å². The molecule has 0 heterocycles. The Labute approximate surface area is 121 Å². The summed E-state index contributed by atoms with van der Waals surface area (Å²) in [5.41, 5.74) is 12.0. The van der Waals surface area contributed by atoms with Gasteiger partial charge in [0.1, 0.15) is 0 Å². The van der Waals surface area contributed by atoms with Crippen molar-refractivity contribution < 1.29 is 9.90 Å². The van der Waals surface area contributed by atoms with Gasteiger partial charge >= 0.3 is 0 Å². The number of benzene rings is 1. The van der Waals surface area contributed by atoms with E-state index in [9.17, 15) is 9.90 Å². The van der Waals surface area contributed by atoms with E-state index in [-0.39, 0.29) is 16.8 Å². The van der Waals surface area contributed by atoms with Gasteiger partial charge in [0.2, 0.25) is 0 Å². The van der Waals surface area contributed by atoms with Gasteiger partial charge in [-0.25, -0.2) is 0 Å². The van der Waals surface area contributed by atoms with Crippen molar-refractivity contribution in [3.05, 3.63) is 27.7 Å². The van der Waals surface area contributed by atoms with Crippen molar-refractivity contribution >= 4 is 27.5 Å². The predicted octanol–water partition coefficient (Wildman–Crippen LogP) is 1.55. The van der Waals surface area contributed by atoms with E-state index in [0.29, 0.717) is 16.6 Å². The Balaban J connectivity index is 2.98. The fourth-order valence-corrected chi connectivity index (χ4v) is 2.03. The lowest BCUT2D eigenvalue weighted by Gasteiger charge is -2.23. The van der Waals surface area contributed by atoms with Crippen LogP contribution < -0.4 is 16.8 Å². The molecular formula is C13H20BrN3O2. The number of hydrogen-bond acceptors (Lipinski definition) is 4. The first-order chi connectivity index (χ1) is 8.61. The Morgan fingerprint density at radius 1 is 1.47 bits per heavy atom. The molecule has 1 amide bonds. The molecule has 0 bridgehead atoms. The first kappa shape index (κ1) is 15.9. The zero-order valence-corrected chi connectivity index (χ0v) is 12.9.